The summed E-state index contributed by atoms with van der Waals surface area (Å²) in [4.78, 5) is 2.39. The van der Waals surface area contributed by atoms with Gasteiger partial charge in [-0.1, -0.05) is 6.92 Å². The third kappa shape index (κ3) is 4.21. The van der Waals surface area contributed by atoms with Gasteiger partial charge in [0, 0.05) is 38.3 Å². The second-order valence-corrected chi connectivity index (χ2v) is 5.14. The Morgan fingerprint density at radius 1 is 1.41 bits per heavy atom. The van der Waals surface area contributed by atoms with Crippen LogP contribution in [-0.2, 0) is 9.47 Å². The second kappa shape index (κ2) is 7.31. The van der Waals surface area contributed by atoms with Crippen LogP contribution in [-0.4, -0.2) is 62.7 Å². The first-order valence-corrected chi connectivity index (χ1v) is 6.59. The maximum atomic E-state index is 9.68. The Bertz CT molecular complexity index is 205. The van der Waals surface area contributed by atoms with E-state index in [1.807, 2.05) is 0 Å². The second-order valence-electron chi connectivity index (χ2n) is 5.14. The molecule has 1 atom stereocenters. The number of nitrogens with zero attached hydrogens (tertiary/aromatic N) is 1. The summed E-state index contributed by atoms with van der Waals surface area (Å²) in [6.07, 6.45) is 1.92. The van der Waals surface area contributed by atoms with Gasteiger partial charge in [-0.25, -0.2) is 0 Å². The van der Waals surface area contributed by atoms with Crippen LogP contribution < -0.4 is 0 Å². The summed E-state index contributed by atoms with van der Waals surface area (Å²) < 4.78 is 10.6. The topological polar surface area (TPSA) is 41.9 Å². The van der Waals surface area contributed by atoms with Crippen LogP contribution in [0.5, 0.6) is 0 Å². The van der Waals surface area contributed by atoms with Crippen LogP contribution in [0, 0.1) is 5.41 Å². The summed E-state index contributed by atoms with van der Waals surface area (Å²) in [5, 5.41) is 9.68. The van der Waals surface area contributed by atoms with Gasteiger partial charge in [0.05, 0.1) is 13.2 Å². The zero-order valence-corrected chi connectivity index (χ0v) is 11.4. The zero-order chi connectivity index (χ0) is 12.7. The molecule has 102 valence electrons. The van der Waals surface area contributed by atoms with Crippen LogP contribution in [0.25, 0.3) is 0 Å². The van der Waals surface area contributed by atoms with Crippen LogP contribution >= 0.6 is 0 Å². The molecule has 0 saturated carbocycles. The molecule has 0 bridgehead atoms. The average molecular weight is 245 g/mol. The molecular weight excluding hydrogens is 218 g/mol. The number of methoxy groups -OCH3 is 1. The van der Waals surface area contributed by atoms with E-state index in [2.05, 4.69) is 18.7 Å². The van der Waals surface area contributed by atoms with E-state index in [4.69, 9.17) is 9.47 Å². The summed E-state index contributed by atoms with van der Waals surface area (Å²) >= 11 is 0. The average Bonchev–Trinajstić information content (AvgIpc) is 2.37. The van der Waals surface area contributed by atoms with Crippen molar-refractivity contribution in [2.45, 2.75) is 32.7 Å². The van der Waals surface area contributed by atoms with Gasteiger partial charge >= 0.3 is 0 Å². The number of likely N-dealkylation sites (N-methyl/N-ethyl adjacent to an activating group) is 1. The highest BCUT2D eigenvalue weighted by molar-refractivity contribution is 4.85. The Morgan fingerprint density at radius 3 is 2.53 bits per heavy atom. The fourth-order valence-electron chi connectivity index (χ4n) is 2.53. The lowest BCUT2D eigenvalue weighted by molar-refractivity contribution is -0.0435. The molecule has 1 N–H and O–H groups in total. The van der Waals surface area contributed by atoms with Gasteiger partial charge in [0.15, 0.2) is 0 Å². The number of hydrogen-bond acceptors (Lipinski definition) is 4. The van der Waals surface area contributed by atoms with Gasteiger partial charge in [-0.15, -0.1) is 0 Å². The lowest BCUT2D eigenvalue weighted by Crippen LogP contribution is -2.47. The highest BCUT2D eigenvalue weighted by Gasteiger charge is 2.34. The van der Waals surface area contributed by atoms with Crippen LogP contribution in [0.15, 0.2) is 0 Å². The van der Waals surface area contributed by atoms with Gasteiger partial charge < -0.3 is 14.6 Å². The van der Waals surface area contributed by atoms with E-state index in [-0.39, 0.29) is 12.0 Å². The maximum absolute atomic E-state index is 9.68. The van der Waals surface area contributed by atoms with Crippen LogP contribution in [0.2, 0.25) is 0 Å². The number of ether oxygens (including phenoxy) is 2. The first-order valence-electron chi connectivity index (χ1n) is 6.59. The van der Waals surface area contributed by atoms with Gasteiger partial charge in [-0.2, -0.15) is 0 Å². The van der Waals surface area contributed by atoms with E-state index in [0.29, 0.717) is 6.04 Å². The molecule has 0 amide bonds. The molecule has 0 aliphatic carbocycles. The van der Waals surface area contributed by atoms with Crippen molar-refractivity contribution in [2.75, 3.05) is 46.6 Å². The molecule has 0 spiro atoms. The first-order chi connectivity index (χ1) is 8.17. The van der Waals surface area contributed by atoms with E-state index >= 15 is 0 Å². The Morgan fingerprint density at radius 2 is 2.06 bits per heavy atom. The smallest absolute Gasteiger partial charge is 0.0615 e. The normalized spacial score (nSPS) is 21.7. The molecule has 1 fully saturated rings. The van der Waals surface area contributed by atoms with Gasteiger partial charge in [0.2, 0.25) is 0 Å². The third-order valence-electron chi connectivity index (χ3n) is 3.86. The maximum Gasteiger partial charge on any atom is 0.0615 e. The van der Waals surface area contributed by atoms with Crippen molar-refractivity contribution in [3.8, 4) is 0 Å². The third-order valence-corrected chi connectivity index (χ3v) is 3.86. The SMILES string of the molecule is CCN(CC1(CO)CCOCC1)C(C)COC. The molecule has 17 heavy (non-hydrogen) atoms. The van der Waals surface area contributed by atoms with Crippen molar-refractivity contribution in [2.24, 2.45) is 5.41 Å². The molecule has 1 heterocycles. The van der Waals surface area contributed by atoms with Gasteiger partial charge in [0.25, 0.3) is 0 Å². The van der Waals surface area contributed by atoms with Gasteiger partial charge in [-0.3, -0.25) is 4.90 Å². The van der Waals surface area contributed by atoms with Crippen LogP contribution in [0.3, 0.4) is 0 Å². The van der Waals surface area contributed by atoms with E-state index in [1.54, 1.807) is 7.11 Å². The fourth-order valence-corrected chi connectivity index (χ4v) is 2.53. The molecule has 0 aromatic carbocycles. The summed E-state index contributed by atoms with van der Waals surface area (Å²) in [7, 11) is 1.74. The lowest BCUT2D eigenvalue weighted by atomic mass is 9.80. The minimum absolute atomic E-state index is 0.0241. The van der Waals surface area contributed by atoms with Crippen LogP contribution in [0.1, 0.15) is 26.7 Å². The molecule has 0 radical (unpaired) electrons. The predicted octanol–water partition coefficient (Wildman–Crippen LogP) is 1.13. The van der Waals surface area contributed by atoms with E-state index in [0.717, 1.165) is 45.8 Å². The van der Waals surface area contributed by atoms with E-state index in [9.17, 15) is 5.11 Å². The number of aliphatic hydroxyl groups excluding tert-OH is 1. The molecule has 1 aliphatic rings. The Labute approximate surface area is 105 Å². The largest absolute Gasteiger partial charge is 0.396 e. The minimum atomic E-state index is 0.0241. The number of aliphatic hydroxyl groups is 1. The number of rotatable bonds is 7. The highest BCUT2D eigenvalue weighted by Crippen LogP contribution is 2.31. The zero-order valence-electron chi connectivity index (χ0n) is 11.4. The molecule has 4 nitrogen and oxygen atoms in total. The summed E-state index contributed by atoms with van der Waals surface area (Å²) in [6, 6.07) is 0.399. The van der Waals surface area contributed by atoms with E-state index in [1.165, 1.54) is 0 Å². The van der Waals surface area contributed by atoms with Crippen molar-refractivity contribution in [1.82, 2.24) is 4.90 Å². The highest BCUT2D eigenvalue weighted by atomic mass is 16.5. The number of hydrogen-bond donors (Lipinski definition) is 1. The summed E-state index contributed by atoms with van der Waals surface area (Å²) in [5.41, 5.74) is 0.0241. The quantitative estimate of drug-likeness (QED) is 0.730. The molecule has 1 unspecified atom stereocenters. The van der Waals surface area contributed by atoms with Crippen molar-refractivity contribution in [1.29, 1.82) is 0 Å². The molecule has 4 heteroatoms. The molecule has 1 saturated heterocycles. The molecule has 0 aromatic rings. The monoisotopic (exact) mass is 245 g/mol. The summed E-state index contributed by atoms with van der Waals surface area (Å²) in [5.74, 6) is 0. The Balaban J connectivity index is 2.57. The van der Waals surface area contributed by atoms with Gasteiger partial charge in [0.1, 0.15) is 0 Å². The predicted molar refractivity (Wildman–Crippen MR) is 68.2 cm³/mol. The van der Waals surface area contributed by atoms with Crippen molar-refractivity contribution < 1.29 is 14.6 Å². The summed E-state index contributed by atoms with van der Waals surface area (Å²) in [6.45, 7) is 8.82. The fraction of sp³-hybridized carbons (Fsp3) is 1.00. The molecular formula is C13H27NO3. The Hall–Kier alpha value is -0.160. The molecule has 1 rings (SSSR count). The van der Waals surface area contributed by atoms with Crippen molar-refractivity contribution >= 4 is 0 Å². The van der Waals surface area contributed by atoms with Gasteiger partial charge in [-0.05, 0) is 26.3 Å². The van der Waals surface area contributed by atoms with Crippen molar-refractivity contribution in [3.63, 3.8) is 0 Å². The lowest BCUT2D eigenvalue weighted by Gasteiger charge is -2.41. The van der Waals surface area contributed by atoms with E-state index < -0.39 is 0 Å². The standard InChI is InChI=1S/C13H27NO3/c1-4-14(12(2)9-16-3)10-13(11-15)5-7-17-8-6-13/h12,15H,4-11H2,1-3H3. The van der Waals surface area contributed by atoms with Crippen LogP contribution in [0.4, 0.5) is 0 Å². The minimum Gasteiger partial charge on any atom is -0.396 e. The molecule has 1 aliphatic heterocycles. The molecule has 0 aromatic heterocycles. The van der Waals surface area contributed by atoms with Crippen molar-refractivity contribution in [3.05, 3.63) is 0 Å². The Kier molecular flexibility index (Phi) is 6.41. The first kappa shape index (κ1) is 14.9.